The van der Waals surface area contributed by atoms with Crippen molar-refractivity contribution in [2.45, 2.75) is 38.5 Å². The molecule has 1 fully saturated rings. The van der Waals surface area contributed by atoms with Crippen LogP contribution in [0.5, 0.6) is 11.5 Å². The van der Waals surface area contributed by atoms with Gasteiger partial charge in [-0.05, 0) is 37.5 Å². The number of amides is 1. The summed E-state index contributed by atoms with van der Waals surface area (Å²) in [5, 5.41) is 11.6. The Morgan fingerprint density at radius 1 is 1.30 bits per heavy atom. The first-order chi connectivity index (χ1) is 11.0. The Morgan fingerprint density at radius 2 is 2.04 bits per heavy atom. The minimum absolute atomic E-state index is 0.304. The van der Waals surface area contributed by atoms with Crippen LogP contribution in [-0.2, 0) is 20.9 Å². The van der Waals surface area contributed by atoms with Crippen molar-refractivity contribution in [3.05, 3.63) is 23.8 Å². The zero-order valence-corrected chi connectivity index (χ0v) is 13.2. The number of carbonyl (C=O) groups excluding carboxylic acids is 1. The molecule has 2 atom stereocenters. The van der Waals surface area contributed by atoms with Crippen molar-refractivity contribution in [3.63, 3.8) is 0 Å². The number of ether oxygens (including phenoxy) is 3. The molecule has 1 aromatic carbocycles. The molecule has 7 heteroatoms. The fourth-order valence-corrected chi connectivity index (χ4v) is 2.41. The van der Waals surface area contributed by atoms with Gasteiger partial charge in [0.1, 0.15) is 6.10 Å². The molecular weight excluding hydrogens is 302 g/mol. The first kappa shape index (κ1) is 17.1. The van der Waals surface area contributed by atoms with Crippen LogP contribution in [0, 0.1) is 0 Å². The molecule has 0 radical (unpaired) electrons. The Labute approximate surface area is 134 Å². The van der Waals surface area contributed by atoms with Crippen LogP contribution < -0.4 is 14.8 Å². The summed E-state index contributed by atoms with van der Waals surface area (Å²) < 4.78 is 15.9. The number of aliphatic carboxylic acids is 1. The maximum absolute atomic E-state index is 12.0. The van der Waals surface area contributed by atoms with Gasteiger partial charge in [0.05, 0.1) is 13.7 Å². The van der Waals surface area contributed by atoms with Crippen molar-refractivity contribution >= 4 is 11.9 Å². The number of carbonyl (C=O) groups is 2. The summed E-state index contributed by atoms with van der Waals surface area (Å²) in [7, 11) is 1.55. The molecule has 1 amide bonds. The minimum atomic E-state index is -1.03. The molecule has 2 N–H and O–H groups in total. The monoisotopic (exact) mass is 323 g/mol. The second-order valence-electron chi connectivity index (χ2n) is 5.16. The lowest BCUT2D eigenvalue weighted by atomic mass is 10.1. The van der Waals surface area contributed by atoms with Gasteiger partial charge in [0.25, 0.3) is 0 Å². The maximum Gasteiger partial charge on any atom is 0.332 e. The summed E-state index contributed by atoms with van der Waals surface area (Å²) in [4.78, 5) is 22.8. The zero-order chi connectivity index (χ0) is 16.8. The van der Waals surface area contributed by atoms with Gasteiger partial charge in [0, 0.05) is 6.54 Å². The number of nitrogens with one attached hydrogen (secondary N) is 1. The highest BCUT2D eigenvalue weighted by atomic mass is 16.5. The zero-order valence-electron chi connectivity index (χ0n) is 13.2. The van der Waals surface area contributed by atoms with Crippen molar-refractivity contribution in [3.8, 4) is 11.5 Å². The van der Waals surface area contributed by atoms with E-state index in [2.05, 4.69) is 5.32 Å². The van der Waals surface area contributed by atoms with Crippen molar-refractivity contribution < 1.29 is 28.9 Å². The topological polar surface area (TPSA) is 94.1 Å². The third-order valence-corrected chi connectivity index (χ3v) is 3.58. The van der Waals surface area contributed by atoms with Gasteiger partial charge in [-0.15, -0.1) is 0 Å². The summed E-state index contributed by atoms with van der Waals surface area (Å²) in [6, 6.07) is 5.42. The number of carboxylic acid groups (broad SMARTS) is 1. The Morgan fingerprint density at radius 3 is 2.65 bits per heavy atom. The fraction of sp³-hybridized carbons (Fsp3) is 0.500. The van der Waals surface area contributed by atoms with Crippen LogP contribution in [-0.4, -0.2) is 42.9 Å². The van der Waals surface area contributed by atoms with E-state index in [0.717, 1.165) is 5.56 Å². The number of benzene rings is 1. The third-order valence-electron chi connectivity index (χ3n) is 3.58. The van der Waals surface area contributed by atoms with Crippen molar-refractivity contribution in [2.75, 3.05) is 13.7 Å². The molecule has 1 aliphatic heterocycles. The smallest absolute Gasteiger partial charge is 0.332 e. The molecule has 7 nitrogen and oxygen atoms in total. The maximum atomic E-state index is 12.0. The molecule has 126 valence electrons. The standard InChI is InChI=1S/C16H21NO6/c1-3-22-11-5-4-10(8-14(11)21-2)9-17-15(18)12-6-7-13(23-12)16(19)20/h4-5,8,12-13H,3,6-7,9H2,1-2H3,(H,17,18)(H,19,20)/t12-,13+/m0/s1. The Balaban J connectivity index is 1.90. The van der Waals surface area contributed by atoms with Gasteiger partial charge in [-0.3, -0.25) is 4.79 Å². The quantitative estimate of drug-likeness (QED) is 0.786. The van der Waals surface area contributed by atoms with Gasteiger partial charge in [-0.1, -0.05) is 6.07 Å². The number of hydrogen-bond acceptors (Lipinski definition) is 5. The Hall–Kier alpha value is -2.28. The normalized spacial score (nSPS) is 20.1. The summed E-state index contributed by atoms with van der Waals surface area (Å²) in [5.74, 6) is -0.0895. The van der Waals surface area contributed by atoms with Crippen molar-refractivity contribution in [2.24, 2.45) is 0 Å². The molecule has 0 aromatic heterocycles. The first-order valence-corrected chi connectivity index (χ1v) is 7.50. The number of carboxylic acids is 1. The summed E-state index contributed by atoms with van der Waals surface area (Å²) in [5.41, 5.74) is 0.853. The lowest BCUT2D eigenvalue weighted by Crippen LogP contribution is -2.35. The molecule has 23 heavy (non-hydrogen) atoms. The third kappa shape index (κ3) is 4.35. The lowest BCUT2D eigenvalue weighted by Gasteiger charge is -2.13. The average molecular weight is 323 g/mol. The molecule has 1 aliphatic rings. The fourth-order valence-electron chi connectivity index (χ4n) is 2.41. The molecular formula is C16H21NO6. The van der Waals surface area contributed by atoms with E-state index in [9.17, 15) is 9.59 Å². The largest absolute Gasteiger partial charge is 0.493 e. The lowest BCUT2D eigenvalue weighted by molar-refractivity contribution is -0.151. The molecule has 0 bridgehead atoms. The second kappa shape index (κ2) is 7.82. The molecule has 1 aromatic rings. The first-order valence-electron chi connectivity index (χ1n) is 7.50. The van der Waals surface area contributed by atoms with Gasteiger partial charge in [0.2, 0.25) is 5.91 Å². The minimum Gasteiger partial charge on any atom is -0.493 e. The number of methoxy groups -OCH3 is 1. The highest BCUT2D eigenvalue weighted by molar-refractivity contribution is 5.82. The van der Waals surface area contributed by atoms with Gasteiger partial charge in [-0.25, -0.2) is 4.79 Å². The summed E-state index contributed by atoms with van der Waals surface area (Å²) in [6.45, 7) is 2.73. The van der Waals surface area contributed by atoms with Crippen LogP contribution >= 0.6 is 0 Å². The van der Waals surface area contributed by atoms with Crippen LogP contribution in [0.1, 0.15) is 25.3 Å². The van der Waals surface area contributed by atoms with Crippen LogP contribution in [0.15, 0.2) is 18.2 Å². The van der Waals surface area contributed by atoms with E-state index in [-0.39, 0.29) is 5.91 Å². The summed E-state index contributed by atoms with van der Waals surface area (Å²) in [6.07, 6.45) is -0.836. The van der Waals surface area contributed by atoms with Gasteiger partial charge in [0.15, 0.2) is 17.6 Å². The van der Waals surface area contributed by atoms with E-state index in [4.69, 9.17) is 19.3 Å². The second-order valence-corrected chi connectivity index (χ2v) is 5.16. The predicted octanol–water partition coefficient (Wildman–Crippen LogP) is 1.34. The summed E-state index contributed by atoms with van der Waals surface area (Å²) >= 11 is 0. The molecule has 2 rings (SSSR count). The predicted molar refractivity (Wildman–Crippen MR) is 81.5 cm³/mol. The van der Waals surface area contributed by atoms with Crippen LogP contribution in [0.25, 0.3) is 0 Å². The highest BCUT2D eigenvalue weighted by Crippen LogP contribution is 2.28. The van der Waals surface area contributed by atoms with E-state index in [1.54, 1.807) is 19.2 Å². The molecule has 1 heterocycles. The van der Waals surface area contributed by atoms with E-state index in [0.29, 0.717) is 37.5 Å². The molecule has 0 unspecified atom stereocenters. The number of rotatable bonds is 7. The highest BCUT2D eigenvalue weighted by Gasteiger charge is 2.34. The van der Waals surface area contributed by atoms with Crippen LogP contribution in [0.2, 0.25) is 0 Å². The average Bonchev–Trinajstić information content (AvgIpc) is 3.04. The van der Waals surface area contributed by atoms with Gasteiger partial charge < -0.3 is 24.6 Å². The van der Waals surface area contributed by atoms with E-state index in [1.807, 2.05) is 13.0 Å². The SMILES string of the molecule is CCOc1ccc(CNC(=O)[C@@H]2CC[C@H](C(=O)O)O2)cc1OC. The van der Waals surface area contributed by atoms with Crippen molar-refractivity contribution in [1.82, 2.24) is 5.32 Å². The molecule has 0 spiro atoms. The van der Waals surface area contributed by atoms with E-state index >= 15 is 0 Å². The molecule has 0 saturated carbocycles. The van der Waals surface area contributed by atoms with Crippen molar-refractivity contribution in [1.29, 1.82) is 0 Å². The van der Waals surface area contributed by atoms with Gasteiger partial charge >= 0.3 is 5.97 Å². The molecule has 1 saturated heterocycles. The van der Waals surface area contributed by atoms with Crippen LogP contribution in [0.4, 0.5) is 0 Å². The number of hydrogen-bond donors (Lipinski definition) is 2. The van der Waals surface area contributed by atoms with Gasteiger partial charge in [-0.2, -0.15) is 0 Å². The Kier molecular flexibility index (Phi) is 5.81. The van der Waals surface area contributed by atoms with Crippen LogP contribution in [0.3, 0.4) is 0 Å². The molecule has 0 aliphatic carbocycles. The van der Waals surface area contributed by atoms with E-state index in [1.165, 1.54) is 0 Å². The van der Waals surface area contributed by atoms with E-state index < -0.39 is 18.2 Å². The Bertz CT molecular complexity index is 574.